The number of piperidine rings is 1. The minimum absolute atomic E-state index is 0.242. The van der Waals surface area contributed by atoms with Crippen molar-refractivity contribution in [3.05, 3.63) is 47.6 Å². The Labute approximate surface area is 175 Å². The highest BCUT2D eigenvalue weighted by atomic mass is 32.2. The number of likely N-dealkylation sites (tertiary alicyclic amines) is 1. The summed E-state index contributed by atoms with van der Waals surface area (Å²) >= 11 is 1.30. The summed E-state index contributed by atoms with van der Waals surface area (Å²) in [6.07, 6.45) is 3.02. The molecular formula is C21H26N4O2S2. The van der Waals surface area contributed by atoms with E-state index in [1.54, 1.807) is 16.4 Å². The van der Waals surface area contributed by atoms with E-state index in [1.807, 2.05) is 11.4 Å². The second kappa shape index (κ2) is 7.19. The fourth-order valence-electron chi connectivity index (χ4n) is 4.85. The fraction of sp³-hybridized carbons (Fsp3) is 0.476. The lowest BCUT2D eigenvalue weighted by molar-refractivity contribution is 0.152. The number of imidazole rings is 1. The van der Waals surface area contributed by atoms with E-state index in [9.17, 15) is 8.42 Å². The third kappa shape index (κ3) is 3.42. The normalized spacial score (nSPS) is 20.7. The molecular weight excluding hydrogens is 404 g/mol. The summed E-state index contributed by atoms with van der Waals surface area (Å²) in [6, 6.07) is 11.8. The Kier molecular flexibility index (Phi) is 4.77. The molecule has 1 aromatic carbocycles. The van der Waals surface area contributed by atoms with Gasteiger partial charge in [-0.05, 0) is 54.8 Å². The highest BCUT2D eigenvalue weighted by Gasteiger charge is 2.43. The van der Waals surface area contributed by atoms with Crippen molar-refractivity contribution in [3.63, 3.8) is 0 Å². The first kappa shape index (κ1) is 19.2. The number of sulfonamides is 1. The summed E-state index contributed by atoms with van der Waals surface area (Å²) in [5.41, 5.74) is 2.46. The molecule has 4 heterocycles. The van der Waals surface area contributed by atoms with Gasteiger partial charge in [0.2, 0.25) is 0 Å². The van der Waals surface area contributed by atoms with E-state index in [1.165, 1.54) is 16.9 Å². The maximum atomic E-state index is 12.8. The van der Waals surface area contributed by atoms with Crippen LogP contribution < -0.4 is 0 Å². The molecule has 2 aliphatic heterocycles. The first-order chi connectivity index (χ1) is 14.0. The maximum absolute atomic E-state index is 12.8. The third-order valence-corrected chi connectivity index (χ3v) is 9.91. The zero-order chi connectivity index (χ0) is 20.1. The van der Waals surface area contributed by atoms with Gasteiger partial charge in [0.25, 0.3) is 10.0 Å². The van der Waals surface area contributed by atoms with Gasteiger partial charge in [0.15, 0.2) is 0 Å². The monoisotopic (exact) mass is 430 g/mol. The fourth-order valence-corrected chi connectivity index (χ4v) is 7.43. The van der Waals surface area contributed by atoms with Crippen LogP contribution >= 0.6 is 11.3 Å². The molecule has 0 bridgehead atoms. The molecule has 0 amide bonds. The molecule has 3 aromatic rings. The van der Waals surface area contributed by atoms with Crippen molar-refractivity contribution >= 4 is 32.4 Å². The first-order valence-corrected chi connectivity index (χ1v) is 12.5. The van der Waals surface area contributed by atoms with Crippen molar-refractivity contribution < 1.29 is 8.42 Å². The molecule has 5 rings (SSSR count). The van der Waals surface area contributed by atoms with Gasteiger partial charge in [0.05, 0.1) is 17.6 Å². The molecule has 2 aliphatic rings. The predicted octanol–water partition coefficient (Wildman–Crippen LogP) is 3.31. The molecule has 154 valence electrons. The van der Waals surface area contributed by atoms with Gasteiger partial charge in [-0.1, -0.05) is 18.2 Å². The Morgan fingerprint density at radius 3 is 2.55 bits per heavy atom. The number of para-hydroxylation sites is 2. The lowest BCUT2D eigenvalue weighted by atomic mass is 9.78. The van der Waals surface area contributed by atoms with Crippen molar-refractivity contribution in [2.75, 3.05) is 26.2 Å². The van der Waals surface area contributed by atoms with Crippen LogP contribution in [0.1, 0.15) is 25.1 Å². The minimum atomic E-state index is -3.32. The number of nitrogens with zero attached hydrogens (tertiary/aromatic N) is 4. The zero-order valence-corrected chi connectivity index (χ0v) is 18.3. The van der Waals surface area contributed by atoms with Crippen molar-refractivity contribution in [1.29, 1.82) is 0 Å². The average Bonchev–Trinajstić information content (AvgIpc) is 3.45. The number of hydrogen-bond acceptors (Lipinski definition) is 5. The van der Waals surface area contributed by atoms with Crippen LogP contribution in [0.15, 0.2) is 46.0 Å². The SMILES string of the molecule is Cn1c(CN2CCC3(CCN(S(=O)(=O)c4cccs4)CC3)C2)nc2ccccc21. The zero-order valence-electron chi connectivity index (χ0n) is 16.6. The van der Waals surface area contributed by atoms with Crippen LogP contribution in [0.5, 0.6) is 0 Å². The van der Waals surface area contributed by atoms with Crippen LogP contribution in [0, 0.1) is 5.41 Å². The second-order valence-electron chi connectivity index (χ2n) is 8.37. The van der Waals surface area contributed by atoms with Crippen molar-refractivity contribution in [2.24, 2.45) is 12.5 Å². The molecule has 0 atom stereocenters. The number of fused-ring (bicyclic) bond motifs is 1. The van der Waals surface area contributed by atoms with Gasteiger partial charge in [-0.15, -0.1) is 11.3 Å². The van der Waals surface area contributed by atoms with Crippen LogP contribution in [0.3, 0.4) is 0 Å². The highest BCUT2D eigenvalue weighted by Crippen LogP contribution is 2.42. The Bertz CT molecular complexity index is 1110. The summed E-state index contributed by atoms with van der Waals surface area (Å²) < 4.78 is 29.9. The molecule has 29 heavy (non-hydrogen) atoms. The molecule has 0 radical (unpaired) electrons. The van der Waals surface area contributed by atoms with E-state index >= 15 is 0 Å². The lowest BCUT2D eigenvalue weighted by Gasteiger charge is -2.38. The number of hydrogen-bond donors (Lipinski definition) is 0. The van der Waals surface area contributed by atoms with E-state index in [-0.39, 0.29) is 5.41 Å². The first-order valence-electron chi connectivity index (χ1n) is 10.1. The molecule has 2 aromatic heterocycles. The molecule has 1 spiro atoms. The highest BCUT2D eigenvalue weighted by molar-refractivity contribution is 7.91. The van der Waals surface area contributed by atoms with Gasteiger partial charge >= 0.3 is 0 Å². The molecule has 0 unspecified atom stereocenters. The Balaban J connectivity index is 1.25. The molecule has 0 aliphatic carbocycles. The Morgan fingerprint density at radius 2 is 1.83 bits per heavy atom. The van der Waals surface area contributed by atoms with E-state index in [0.29, 0.717) is 17.3 Å². The minimum Gasteiger partial charge on any atom is -0.330 e. The van der Waals surface area contributed by atoms with Gasteiger partial charge in [-0.25, -0.2) is 13.4 Å². The van der Waals surface area contributed by atoms with E-state index < -0.39 is 10.0 Å². The third-order valence-electron chi connectivity index (χ3n) is 6.63. The van der Waals surface area contributed by atoms with Gasteiger partial charge in [-0.2, -0.15) is 4.31 Å². The van der Waals surface area contributed by atoms with Crippen LogP contribution in [-0.4, -0.2) is 53.4 Å². The van der Waals surface area contributed by atoms with Gasteiger partial charge in [0, 0.05) is 26.7 Å². The lowest BCUT2D eigenvalue weighted by Crippen LogP contribution is -2.44. The van der Waals surface area contributed by atoms with Crippen LogP contribution in [0.4, 0.5) is 0 Å². The number of aromatic nitrogens is 2. The quantitative estimate of drug-likeness (QED) is 0.637. The molecule has 2 fully saturated rings. The van der Waals surface area contributed by atoms with Gasteiger partial charge in [-0.3, -0.25) is 4.90 Å². The van der Waals surface area contributed by atoms with Gasteiger partial charge < -0.3 is 4.57 Å². The number of benzene rings is 1. The molecule has 2 saturated heterocycles. The standard InChI is InChI=1S/C21H26N4O2S2/c1-23-18-6-3-2-5-17(18)22-19(23)15-24-11-8-21(16-24)9-12-25(13-10-21)29(26,27)20-7-4-14-28-20/h2-7,14H,8-13,15-16H2,1H3. The second-order valence-corrected chi connectivity index (χ2v) is 11.5. The van der Waals surface area contributed by atoms with Crippen LogP contribution in [-0.2, 0) is 23.6 Å². The average molecular weight is 431 g/mol. The maximum Gasteiger partial charge on any atom is 0.252 e. The topological polar surface area (TPSA) is 58.4 Å². The van der Waals surface area contributed by atoms with Gasteiger partial charge in [0.1, 0.15) is 10.0 Å². The van der Waals surface area contributed by atoms with E-state index in [2.05, 4.69) is 34.7 Å². The number of aryl methyl sites for hydroxylation is 1. The Hall–Kier alpha value is -1.74. The Morgan fingerprint density at radius 1 is 1.07 bits per heavy atom. The molecule has 0 N–H and O–H groups in total. The van der Waals surface area contributed by atoms with Crippen molar-refractivity contribution in [3.8, 4) is 0 Å². The number of thiophene rings is 1. The van der Waals surface area contributed by atoms with E-state index in [0.717, 1.165) is 50.2 Å². The molecule has 6 nitrogen and oxygen atoms in total. The number of rotatable bonds is 4. The largest absolute Gasteiger partial charge is 0.330 e. The summed E-state index contributed by atoms with van der Waals surface area (Å²) in [5, 5.41) is 1.83. The van der Waals surface area contributed by atoms with Crippen molar-refractivity contribution in [1.82, 2.24) is 18.8 Å². The summed E-state index contributed by atoms with van der Waals surface area (Å²) in [5.74, 6) is 1.10. The van der Waals surface area contributed by atoms with Crippen LogP contribution in [0.2, 0.25) is 0 Å². The van der Waals surface area contributed by atoms with E-state index in [4.69, 9.17) is 4.98 Å². The summed E-state index contributed by atoms with van der Waals surface area (Å²) in [7, 11) is -1.23. The summed E-state index contributed by atoms with van der Waals surface area (Å²) in [4.78, 5) is 7.31. The van der Waals surface area contributed by atoms with Crippen molar-refractivity contribution in [2.45, 2.75) is 30.0 Å². The van der Waals surface area contributed by atoms with Crippen LogP contribution in [0.25, 0.3) is 11.0 Å². The molecule has 8 heteroatoms. The summed E-state index contributed by atoms with van der Waals surface area (Å²) in [6.45, 7) is 4.19. The smallest absolute Gasteiger partial charge is 0.252 e. The molecule has 0 saturated carbocycles. The predicted molar refractivity (Wildman–Crippen MR) is 115 cm³/mol.